The average Bonchev–Trinajstić information content (AvgIpc) is 2.79. The van der Waals surface area contributed by atoms with Gasteiger partial charge in [0.2, 0.25) is 0 Å². The Kier molecular flexibility index (Phi) is 3.39. The van der Waals surface area contributed by atoms with Gasteiger partial charge in [-0.25, -0.2) is 9.78 Å². The van der Waals surface area contributed by atoms with Crippen LogP contribution in [-0.4, -0.2) is 17.6 Å². The standard InChI is InChI=1S/C12H12N2O2S/c1-2-16-12(15)10-7-17-11(14-10)8-5-3-4-6-9(8)13/h3-7H,2,13H2,1H3. The fourth-order valence-corrected chi connectivity index (χ4v) is 2.22. The van der Waals surface area contributed by atoms with Crippen LogP contribution in [0.3, 0.4) is 0 Å². The van der Waals surface area contributed by atoms with Crippen LogP contribution in [0, 0.1) is 0 Å². The fraction of sp³-hybridized carbons (Fsp3) is 0.167. The van der Waals surface area contributed by atoms with Gasteiger partial charge in [0, 0.05) is 16.6 Å². The summed E-state index contributed by atoms with van der Waals surface area (Å²) in [6.45, 7) is 2.11. The van der Waals surface area contributed by atoms with Gasteiger partial charge in [0.25, 0.3) is 0 Å². The largest absolute Gasteiger partial charge is 0.461 e. The number of anilines is 1. The van der Waals surface area contributed by atoms with Crippen molar-refractivity contribution >= 4 is 23.0 Å². The van der Waals surface area contributed by atoms with Gasteiger partial charge in [-0.1, -0.05) is 12.1 Å². The van der Waals surface area contributed by atoms with Gasteiger partial charge in [0.05, 0.1) is 6.61 Å². The van der Waals surface area contributed by atoms with Crippen molar-refractivity contribution in [3.8, 4) is 10.6 Å². The highest BCUT2D eigenvalue weighted by atomic mass is 32.1. The minimum atomic E-state index is -0.399. The van der Waals surface area contributed by atoms with E-state index in [4.69, 9.17) is 10.5 Å². The predicted molar refractivity (Wildman–Crippen MR) is 67.9 cm³/mol. The molecule has 0 aliphatic rings. The number of para-hydroxylation sites is 1. The molecule has 0 atom stereocenters. The molecule has 2 N–H and O–H groups in total. The van der Waals surface area contributed by atoms with Crippen molar-refractivity contribution in [3.05, 3.63) is 35.3 Å². The number of benzene rings is 1. The molecule has 2 aromatic rings. The van der Waals surface area contributed by atoms with Crippen molar-refractivity contribution < 1.29 is 9.53 Å². The van der Waals surface area contributed by atoms with Crippen LogP contribution in [0.4, 0.5) is 5.69 Å². The number of thiazole rings is 1. The fourth-order valence-electron chi connectivity index (χ4n) is 1.39. The number of hydrogen-bond acceptors (Lipinski definition) is 5. The van der Waals surface area contributed by atoms with Crippen LogP contribution in [0.15, 0.2) is 29.6 Å². The molecule has 1 heterocycles. The van der Waals surface area contributed by atoms with Gasteiger partial charge < -0.3 is 10.5 Å². The van der Waals surface area contributed by atoms with E-state index in [1.165, 1.54) is 11.3 Å². The first kappa shape index (κ1) is 11.6. The van der Waals surface area contributed by atoms with E-state index >= 15 is 0 Å². The monoisotopic (exact) mass is 248 g/mol. The normalized spacial score (nSPS) is 10.2. The van der Waals surface area contributed by atoms with Crippen LogP contribution < -0.4 is 5.73 Å². The van der Waals surface area contributed by atoms with Crippen molar-refractivity contribution in [2.24, 2.45) is 0 Å². The maximum absolute atomic E-state index is 11.5. The zero-order valence-corrected chi connectivity index (χ0v) is 10.2. The minimum Gasteiger partial charge on any atom is -0.461 e. The number of nitrogens with zero attached hydrogens (tertiary/aromatic N) is 1. The summed E-state index contributed by atoms with van der Waals surface area (Å²) in [7, 11) is 0. The minimum absolute atomic E-state index is 0.329. The molecule has 88 valence electrons. The Labute approximate surface area is 103 Å². The van der Waals surface area contributed by atoms with Gasteiger partial charge >= 0.3 is 5.97 Å². The Morgan fingerprint density at radius 2 is 2.24 bits per heavy atom. The topological polar surface area (TPSA) is 65.2 Å². The second kappa shape index (κ2) is 4.97. The molecule has 0 saturated heterocycles. The van der Waals surface area contributed by atoms with Crippen LogP contribution >= 0.6 is 11.3 Å². The van der Waals surface area contributed by atoms with E-state index in [9.17, 15) is 4.79 Å². The van der Waals surface area contributed by atoms with Crippen molar-refractivity contribution in [1.82, 2.24) is 4.98 Å². The summed E-state index contributed by atoms with van der Waals surface area (Å²) in [6, 6.07) is 7.43. The lowest BCUT2D eigenvalue weighted by Gasteiger charge is -2.00. The van der Waals surface area contributed by atoms with E-state index in [2.05, 4.69) is 4.98 Å². The lowest BCUT2D eigenvalue weighted by molar-refractivity contribution is 0.0520. The molecular formula is C12H12N2O2S. The van der Waals surface area contributed by atoms with Gasteiger partial charge in [-0.2, -0.15) is 0 Å². The van der Waals surface area contributed by atoms with E-state index < -0.39 is 5.97 Å². The number of esters is 1. The highest BCUT2D eigenvalue weighted by molar-refractivity contribution is 7.13. The van der Waals surface area contributed by atoms with Crippen LogP contribution in [0.2, 0.25) is 0 Å². The highest BCUT2D eigenvalue weighted by Gasteiger charge is 2.13. The quantitative estimate of drug-likeness (QED) is 0.669. The molecule has 2 rings (SSSR count). The van der Waals surface area contributed by atoms with E-state index in [-0.39, 0.29) is 0 Å². The molecule has 1 aromatic heterocycles. The van der Waals surface area contributed by atoms with E-state index in [0.29, 0.717) is 18.0 Å². The molecule has 0 unspecified atom stereocenters. The van der Waals surface area contributed by atoms with E-state index in [1.54, 1.807) is 18.4 Å². The molecule has 0 radical (unpaired) electrons. The van der Waals surface area contributed by atoms with Gasteiger partial charge in [-0.3, -0.25) is 0 Å². The zero-order chi connectivity index (χ0) is 12.3. The average molecular weight is 248 g/mol. The van der Waals surface area contributed by atoms with Gasteiger partial charge in [0.15, 0.2) is 5.69 Å². The number of aromatic nitrogens is 1. The molecule has 0 amide bonds. The number of nitrogen functional groups attached to an aromatic ring is 1. The van der Waals surface area contributed by atoms with E-state index in [0.717, 1.165) is 10.6 Å². The SMILES string of the molecule is CCOC(=O)c1csc(-c2ccccc2N)n1. The number of ether oxygens (including phenoxy) is 1. The molecule has 0 spiro atoms. The lowest BCUT2D eigenvalue weighted by atomic mass is 10.2. The molecule has 5 heteroatoms. The second-order valence-corrected chi connectivity index (χ2v) is 4.20. The Morgan fingerprint density at radius 1 is 1.47 bits per heavy atom. The van der Waals surface area contributed by atoms with Crippen molar-refractivity contribution in [2.75, 3.05) is 12.3 Å². The number of carbonyl (C=O) groups excluding carboxylic acids is 1. The van der Waals surface area contributed by atoms with Crippen LogP contribution in [0.1, 0.15) is 17.4 Å². The Balaban J connectivity index is 2.30. The van der Waals surface area contributed by atoms with Crippen LogP contribution in [0.5, 0.6) is 0 Å². The molecule has 0 aliphatic carbocycles. The van der Waals surface area contributed by atoms with Gasteiger partial charge in [-0.05, 0) is 19.1 Å². The summed E-state index contributed by atoms with van der Waals surface area (Å²) in [5, 5.41) is 2.41. The Morgan fingerprint density at radius 3 is 2.94 bits per heavy atom. The van der Waals surface area contributed by atoms with Gasteiger partial charge in [0.1, 0.15) is 5.01 Å². The Hall–Kier alpha value is -1.88. The molecule has 0 saturated carbocycles. The smallest absolute Gasteiger partial charge is 0.357 e. The number of carbonyl (C=O) groups is 1. The first-order valence-electron chi connectivity index (χ1n) is 5.20. The second-order valence-electron chi connectivity index (χ2n) is 3.35. The van der Waals surface area contributed by atoms with Crippen molar-refractivity contribution in [1.29, 1.82) is 0 Å². The molecule has 0 bridgehead atoms. The third kappa shape index (κ3) is 2.45. The summed E-state index contributed by atoms with van der Waals surface area (Å²) in [6.07, 6.45) is 0. The van der Waals surface area contributed by atoms with Crippen LogP contribution in [-0.2, 0) is 4.74 Å². The van der Waals surface area contributed by atoms with Crippen molar-refractivity contribution in [3.63, 3.8) is 0 Å². The number of hydrogen-bond donors (Lipinski definition) is 1. The summed E-state index contributed by atoms with van der Waals surface area (Å²) in [4.78, 5) is 15.7. The maximum Gasteiger partial charge on any atom is 0.357 e. The van der Waals surface area contributed by atoms with Gasteiger partial charge in [-0.15, -0.1) is 11.3 Å². The molecular weight excluding hydrogens is 236 g/mol. The van der Waals surface area contributed by atoms with E-state index in [1.807, 2.05) is 18.2 Å². The predicted octanol–water partition coefficient (Wildman–Crippen LogP) is 2.57. The third-order valence-electron chi connectivity index (χ3n) is 2.18. The zero-order valence-electron chi connectivity index (χ0n) is 9.34. The maximum atomic E-state index is 11.5. The molecule has 4 nitrogen and oxygen atoms in total. The highest BCUT2D eigenvalue weighted by Crippen LogP contribution is 2.28. The molecule has 0 fully saturated rings. The lowest BCUT2D eigenvalue weighted by Crippen LogP contribution is -2.04. The first-order chi connectivity index (χ1) is 8.22. The summed E-state index contributed by atoms with van der Waals surface area (Å²) in [5.74, 6) is -0.399. The van der Waals surface area contributed by atoms with Crippen LogP contribution in [0.25, 0.3) is 10.6 Å². The van der Waals surface area contributed by atoms with Crippen molar-refractivity contribution in [2.45, 2.75) is 6.92 Å². The Bertz CT molecular complexity index is 537. The summed E-state index contributed by atoms with van der Waals surface area (Å²) < 4.78 is 4.88. The molecule has 17 heavy (non-hydrogen) atoms. The number of nitrogens with two attached hydrogens (primary N) is 1. The first-order valence-corrected chi connectivity index (χ1v) is 6.08. The molecule has 0 aliphatic heterocycles. The summed E-state index contributed by atoms with van der Waals surface area (Å²) >= 11 is 1.38. The summed E-state index contributed by atoms with van der Waals surface area (Å²) in [5.41, 5.74) is 7.67. The third-order valence-corrected chi connectivity index (χ3v) is 3.06. The molecule has 1 aromatic carbocycles. The number of rotatable bonds is 3.